The van der Waals surface area contributed by atoms with Crippen molar-refractivity contribution in [1.29, 1.82) is 0 Å². The molecule has 0 saturated carbocycles. The highest BCUT2D eigenvalue weighted by Gasteiger charge is 2.25. The van der Waals surface area contributed by atoms with Crippen molar-refractivity contribution < 1.29 is 15.0 Å². The maximum absolute atomic E-state index is 11.0. The minimum absolute atomic E-state index is 0.241. The molecule has 1 unspecified atom stereocenters. The molecule has 0 aromatic carbocycles. The standard InChI is InChI=1S/C14H20N2O3/c1-10-11(13(17)18)4-5-12(15-10)16-8-3-6-14(2,19)7-9-16/h4-5,19H,3,6-9H2,1-2H3,(H,17,18). The molecule has 0 bridgehead atoms. The van der Waals surface area contributed by atoms with E-state index in [1.54, 1.807) is 19.1 Å². The molecule has 0 aliphatic carbocycles. The molecule has 0 amide bonds. The van der Waals surface area contributed by atoms with Crippen LogP contribution in [0.2, 0.25) is 0 Å². The van der Waals surface area contributed by atoms with Crippen molar-refractivity contribution in [1.82, 2.24) is 4.98 Å². The van der Waals surface area contributed by atoms with Gasteiger partial charge in [0.2, 0.25) is 0 Å². The fraction of sp³-hybridized carbons (Fsp3) is 0.571. The third-order valence-corrected chi connectivity index (χ3v) is 3.69. The SMILES string of the molecule is Cc1nc(N2CCCC(C)(O)CC2)ccc1C(=O)O. The number of aromatic nitrogens is 1. The van der Waals surface area contributed by atoms with E-state index in [1.807, 2.05) is 6.92 Å². The largest absolute Gasteiger partial charge is 0.478 e. The van der Waals surface area contributed by atoms with Crippen molar-refractivity contribution >= 4 is 11.8 Å². The maximum Gasteiger partial charge on any atom is 0.337 e. The van der Waals surface area contributed by atoms with Crippen LogP contribution in [0.4, 0.5) is 5.82 Å². The summed E-state index contributed by atoms with van der Waals surface area (Å²) in [4.78, 5) is 17.4. The number of carbonyl (C=O) groups is 1. The molecule has 104 valence electrons. The predicted molar refractivity (Wildman–Crippen MR) is 72.6 cm³/mol. The van der Waals surface area contributed by atoms with Gasteiger partial charge >= 0.3 is 5.97 Å². The van der Waals surface area contributed by atoms with Crippen molar-refractivity contribution in [3.63, 3.8) is 0 Å². The number of hydrogen-bond donors (Lipinski definition) is 2. The number of carboxylic acid groups (broad SMARTS) is 1. The Morgan fingerprint density at radius 3 is 2.74 bits per heavy atom. The zero-order chi connectivity index (χ0) is 14.0. The number of carboxylic acids is 1. The Morgan fingerprint density at radius 1 is 1.37 bits per heavy atom. The monoisotopic (exact) mass is 264 g/mol. The Hall–Kier alpha value is -1.62. The van der Waals surface area contributed by atoms with E-state index in [0.29, 0.717) is 12.1 Å². The van der Waals surface area contributed by atoms with E-state index < -0.39 is 11.6 Å². The Balaban J connectivity index is 2.18. The van der Waals surface area contributed by atoms with Crippen LogP contribution in [0, 0.1) is 6.92 Å². The zero-order valence-corrected chi connectivity index (χ0v) is 11.4. The number of hydrogen-bond acceptors (Lipinski definition) is 4. The van der Waals surface area contributed by atoms with Crippen LogP contribution in [-0.2, 0) is 0 Å². The first-order valence-electron chi connectivity index (χ1n) is 6.57. The first kappa shape index (κ1) is 13.8. The second-order valence-corrected chi connectivity index (χ2v) is 5.45. The summed E-state index contributed by atoms with van der Waals surface area (Å²) >= 11 is 0. The van der Waals surface area contributed by atoms with E-state index in [2.05, 4.69) is 9.88 Å². The third kappa shape index (κ3) is 3.23. The zero-order valence-electron chi connectivity index (χ0n) is 11.4. The van der Waals surface area contributed by atoms with Gasteiger partial charge in [0, 0.05) is 13.1 Å². The highest BCUT2D eigenvalue weighted by Crippen LogP contribution is 2.24. The van der Waals surface area contributed by atoms with E-state index in [9.17, 15) is 9.90 Å². The summed E-state index contributed by atoms with van der Waals surface area (Å²) in [5.74, 6) is -0.157. The minimum Gasteiger partial charge on any atom is -0.478 e. The van der Waals surface area contributed by atoms with Gasteiger partial charge in [0.1, 0.15) is 5.82 Å². The smallest absolute Gasteiger partial charge is 0.337 e. The summed E-state index contributed by atoms with van der Waals surface area (Å²) in [6, 6.07) is 3.35. The van der Waals surface area contributed by atoms with Crippen LogP contribution in [0.3, 0.4) is 0 Å². The Bertz CT molecular complexity index is 486. The van der Waals surface area contributed by atoms with Crippen LogP contribution in [0.15, 0.2) is 12.1 Å². The number of aliphatic hydroxyl groups is 1. The normalized spacial score (nSPS) is 24.1. The van der Waals surface area contributed by atoms with E-state index in [-0.39, 0.29) is 5.56 Å². The molecule has 0 spiro atoms. The van der Waals surface area contributed by atoms with Crippen molar-refractivity contribution in [2.75, 3.05) is 18.0 Å². The van der Waals surface area contributed by atoms with Crippen molar-refractivity contribution in [3.8, 4) is 0 Å². The lowest BCUT2D eigenvalue weighted by atomic mass is 9.98. The van der Waals surface area contributed by atoms with Crippen LogP contribution < -0.4 is 4.90 Å². The molecule has 19 heavy (non-hydrogen) atoms. The maximum atomic E-state index is 11.0. The highest BCUT2D eigenvalue weighted by atomic mass is 16.4. The molecule has 1 aromatic heterocycles. The molecule has 1 fully saturated rings. The summed E-state index contributed by atoms with van der Waals surface area (Å²) in [6.07, 6.45) is 2.40. The van der Waals surface area contributed by atoms with Crippen molar-refractivity contribution in [2.24, 2.45) is 0 Å². The topological polar surface area (TPSA) is 73.7 Å². The molecule has 2 rings (SSSR count). The number of anilines is 1. The Labute approximate surface area is 112 Å². The number of rotatable bonds is 2. The van der Waals surface area contributed by atoms with Gasteiger partial charge < -0.3 is 15.1 Å². The molecule has 0 radical (unpaired) electrons. The van der Waals surface area contributed by atoms with Crippen LogP contribution >= 0.6 is 0 Å². The van der Waals surface area contributed by atoms with Gasteiger partial charge in [-0.05, 0) is 45.2 Å². The summed E-state index contributed by atoms with van der Waals surface area (Å²) in [5, 5.41) is 19.1. The summed E-state index contributed by atoms with van der Waals surface area (Å²) in [7, 11) is 0. The second-order valence-electron chi connectivity index (χ2n) is 5.45. The Kier molecular flexibility index (Phi) is 3.75. The molecule has 1 aliphatic heterocycles. The molecule has 5 heteroatoms. The number of aryl methyl sites for hydroxylation is 1. The van der Waals surface area contributed by atoms with Gasteiger partial charge in [-0.25, -0.2) is 9.78 Å². The fourth-order valence-corrected chi connectivity index (χ4v) is 2.44. The van der Waals surface area contributed by atoms with Gasteiger partial charge in [-0.3, -0.25) is 0 Å². The van der Waals surface area contributed by atoms with E-state index in [0.717, 1.165) is 31.7 Å². The van der Waals surface area contributed by atoms with Gasteiger partial charge in [-0.2, -0.15) is 0 Å². The lowest BCUT2D eigenvalue weighted by Crippen LogP contribution is -2.29. The number of nitrogens with zero attached hydrogens (tertiary/aromatic N) is 2. The molecule has 1 atom stereocenters. The lowest BCUT2D eigenvalue weighted by molar-refractivity contribution is 0.0481. The summed E-state index contributed by atoms with van der Waals surface area (Å²) < 4.78 is 0. The van der Waals surface area contributed by atoms with Crippen molar-refractivity contribution in [3.05, 3.63) is 23.4 Å². The molecule has 2 N–H and O–H groups in total. The molecule has 2 heterocycles. The first-order valence-corrected chi connectivity index (χ1v) is 6.57. The average Bonchev–Trinajstić information content (AvgIpc) is 2.49. The predicted octanol–water partition coefficient (Wildman–Crippen LogP) is 1.83. The molecule has 1 aliphatic rings. The van der Waals surface area contributed by atoms with Crippen LogP contribution in [-0.4, -0.2) is 39.9 Å². The fourth-order valence-electron chi connectivity index (χ4n) is 2.44. The average molecular weight is 264 g/mol. The van der Waals surface area contributed by atoms with Gasteiger partial charge in [0.15, 0.2) is 0 Å². The molecular formula is C14H20N2O3. The third-order valence-electron chi connectivity index (χ3n) is 3.69. The van der Waals surface area contributed by atoms with E-state index >= 15 is 0 Å². The molecule has 1 saturated heterocycles. The lowest BCUT2D eigenvalue weighted by Gasteiger charge is -2.23. The quantitative estimate of drug-likeness (QED) is 0.852. The summed E-state index contributed by atoms with van der Waals surface area (Å²) in [5.41, 5.74) is 0.164. The summed E-state index contributed by atoms with van der Waals surface area (Å²) in [6.45, 7) is 5.16. The molecule has 5 nitrogen and oxygen atoms in total. The highest BCUT2D eigenvalue weighted by molar-refractivity contribution is 5.89. The second kappa shape index (κ2) is 5.17. The van der Waals surface area contributed by atoms with Gasteiger partial charge in [-0.15, -0.1) is 0 Å². The van der Waals surface area contributed by atoms with Gasteiger partial charge in [0.25, 0.3) is 0 Å². The van der Waals surface area contributed by atoms with Crippen LogP contribution in [0.1, 0.15) is 42.2 Å². The minimum atomic E-state index is -0.949. The first-order chi connectivity index (χ1) is 8.89. The number of pyridine rings is 1. The van der Waals surface area contributed by atoms with Gasteiger partial charge in [-0.1, -0.05) is 0 Å². The van der Waals surface area contributed by atoms with Gasteiger partial charge in [0.05, 0.1) is 16.9 Å². The molecule has 1 aromatic rings. The molecular weight excluding hydrogens is 244 g/mol. The number of aromatic carboxylic acids is 1. The van der Waals surface area contributed by atoms with Crippen LogP contribution in [0.25, 0.3) is 0 Å². The van der Waals surface area contributed by atoms with E-state index in [4.69, 9.17) is 5.11 Å². The van der Waals surface area contributed by atoms with Crippen LogP contribution in [0.5, 0.6) is 0 Å². The van der Waals surface area contributed by atoms with Crippen molar-refractivity contribution in [2.45, 2.75) is 38.7 Å². The Morgan fingerprint density at radius 2 is 2.11 bits per heavy atom. The van der Waals surface area contributed by atoms with E-state index in [1.165, 1.54) is 0 Å².